The Kier molecular flexibility index (Phi) is 1.86. The van der Waals surface area contributed by atoms with E-state index in [1.54, 1.807) is 6.07 Å². The molecule has 2 aliphatic rings. The van der Waals surface area contributed by atoms with Crippen LogP contribution in [0.3, 0.4) is 0 Å². The second kappa shape index (κ2) is 3.04. The number of ether oxygens (including phenoxy) is 1. The molecule has 16 heavy (non-hydrogen) atoms. The average molecular weight is 239 g/mol. The van der Waals surface area contributed by atoms with E-state index in [0.29, 0.717) is 11.4 Å². The number of hydrogen-bond donors (Lipinski definition) is 2. The molecule has 0 aliphatic carbocycles. The van der Waals surface area contributed by atoms with E-state index in [2.05, 4.69) is 10.6 Å². The quantitative estimate of drug-likeness (QED) is 0.728. The molecule has 0 saturated carbocycles. The van der Waals surface area contributed by atoms with Crippen molar-refractivity contribution in [3.8, 4) is 5.75 Å². The zero-order valence-corrected chi connectivity index (χ0v) is 9.47. The summed E-state index contributed by atoms with van der Waals surface area (Å²) in [6.45, 7) is 1.87. The SMILES string of the molecule is CC12CC(NC(=O)N1)c1cc(Cl)ccc1O2. The van der Waals surface area contributed by atoms with Crippen molar-refractivity contribution in [2.45, 2.75) is 25.1 Å². The van der Waals surface area contributed by atoms with Crippen LogP contribution in [0.15, 0.2) is 18.2 Å². The standard InChI is InChI=1S/C11H11ClN2O2/c1-11-5-8(13-10(15)14-11)7-4-6(12)2-3-9(7)16-11/h2-4,8H,5H2,1H3,(H2,13,14,15). The highest BCUT2D eigenvalue weighted by molar-refractivity contribution is 6.30. The Morgan fingerprint density at radius 3 is 3.19 bits per heavy atom. The van der Waals surface area contributed by atoms with Crippen molar-refractivity contribution in [1.82, 2.24) is 10.6 Å². The number of amides is 2. The molecule has 1 aromatic carbocycles. The molecule has 3 rings (SSSR count). The van der Waals surface area contributed by atoms with Gasteiger partial charge in [-0.1, -0.05) is 11.6 Å². The number of benzene rings is 1. The van der Waals surface area contributed by atoms with Crippen LogP contribution in [0.25, 0.3) is 0 Å². The van der Waals surface area contributed by atoms with Crippen LogP contribution in [0.4, 0.5) is 4.79 Å². The van der Waals surface area contributed by atoms with Crippen LogP contribution in [0.2, 0.25) is 5.02 Å². The molecule has 2 heterocycles. The average Bonchev–Trinajstić information content (AvgIpc) is 2.17. The summed E-state index contributed by atoms with van der Waals surface area (Å²) in [6.07, 6.45) is 0.700. The van der Waals surface area contributed by atoms with Crippen molar-refractivity contribution < 1.29 is 9.53 Å². The molecule has 4 nitrogen and oxygen atoms in total. The van der Waals surface area contributed by atoms with Crippen molar-refractivity contribution in [2.24, 2.45) is 0 Å². The van der Waals surface area contributed by atoms with Gasteiger partial charge in [-0.15, -0.1) is 0 Å². The van der Waals surface area contributed by atoms with Crippen molar-refractivity contribution in [3.63, 3.8) is 0 Å². The fraction of sp³-hybridized carbons (Fsp3) is 0.364. The van der Waals surface area contributed by atoms with E-state index < -0.39 is 5.72 Å². The summed E-state index contributed by atoms with van der Waals surface area (Å²) in [5, 5.41) is 6.29. The largest absolute Gasteiger partial charge is 0.468 e. The zero-order valence-electron chi connectivity index (χ0n) is 8.71. The van der Waals surface area contributed by atoms with Crippen molar-refractivity contribution in [3.05, 3.63) is 28.8 Å². The van der Waals surface area contributed by atoms with E-state index in [-0.39, 0.29) is 12.1 Å². The molecule has 2 amide bonds. The van der Waals surface area contributed by atoms with Gasteiger partial charge in [-0.05, 0) is 25.1 Å². The minimum atomic E-state index is -0.617. The minimum Gasteiger partial charge on any atom is -0.468 e. The lowest BCUT2D eigenvalue weighted by molar-refractivity contribution is 0.0119. The Hall–Kier alpha value is -1.42. The van der Waals surface area contributed by atoms with Gasteiger partial charge >= 0.3 is 6.03 Å². The maximum atomic E-state index is 11.4. The summed E-state index contributed by atoms with van der Waals surface area (Å²) in [6, 6.07) is 5.23. The van der Waals surface area contributed by atoms with E-state index in [1.165, 1.54) is 0 Å². The monoisotopic (exact) mass is 238 g/mol. The van der Waals surface area contributed by atoms with Crippen LogP contribution in [-0.4, -0.2) is 11.8 Å². The highest BCUT2D eigenvalue weighted by atomic mass is 35.5. The first-order valence-corrected chi connectivity index (χ1v) is 5.51. The molecule has 0 radical (unpaired) electrons. The molecule has 2 aliphatic heterocycles. The number of nitrogens with one attached hydrogen (secondary N) is 2. The van der Waals surface area contributed by atoms with Crippen LogP contribution in [0.1, 0.15) is 24.9 Å². The number of carbonyl (C=O) groups excluding carboxylic acids is 1. The predicted molar refractivity (Wildman–Crippen MR) is 59.5 cm³/mol. The van der Waals surface area contributed by atoms with E-state index in [0.717, 1.165) is 11.3 Å². The second-order valence-corrected chi connectivity index (χ2v) is 4.81. The van der Waals surface area contributed by atoms with Gasteiger partial charge in [-0.2, -0.15) is 0 Å². The maximum Gasteiger partial charge on any atom is 0.318 e. The normalized spacial score (nSPS) is 30.9. The van der Waals surface area contributed by atoms with Crippen LogP contribution in [-0.2, 0) is 0 Å². The van der Waals surface area contributed by atoms with Gasteiger partial charge in [0, 0.05) is 17.0 Å². The molecule has 5 heteroatoms. The Morgan fingerprint density at radius 2 is 2.38 bits per heavy atom. The lowest BCUT2D eigenvalue weighted by atomic mass is 9.92. The first-order chi connectivity index (χ1) is 7.56. The fourth-order valence-corrected chi connectivity index (χ4v) is 2.49. The van der Waals surface area contributed by atoms with Gasteiger partial charge in [0.1, 0.15) is 5.75 Å². The molecule has 1 fully saturated rings. The minimum absolute atomic E-state index is 0.0267. The van der Waals surface area contributed by atoms with Gasteiger partial charge in [0.05, 0.1) is 6.04 Å². The van der Waals surface area contributed by atoms with Crippen LogP contribution in [0.5, 0.6) is 5.75 Å². The van der Waals surface area contributed by atoms with Gasteiger partial charge in [-0.3, -0.25) is 0 Å². The van der Waals surface area contributed by atoms with Crippen molar-refractivity contribution in [1.29, 1.82) is 0 Å². The molecule has 0 spiro atoms. The summed E-state index contributed by atoms with van der Waals surface area (Å²) >= 11 is 5.94. The Labute approximate surface area is 97.9 Å². The summed E-state index contributed by atoms with van der Waals surface area (Å²) < 4.78 is 5.79. The number of fused-ring (bicyclic) bond motifs is 4. The predicted octanol–water partition coefficient (Wildman–Crippen LogP) is 2.19. The lowest BCUT2D eigenvalue weighted by Gasteiger charge is -2.44. The molecule has 1 saturated heterocycles. The van der Waals surface area contributed by atoms with E-state index in [4.69, 9.17) is 16.3 Å². The molecular formula is C11H11ClN2O2. The van der Waals surface area contributed by atoms with Gasteiger partial charge < -0.3 is 15.4 Å². The van der Waals surface area contributed by atoms with Gasteiger partial charge in [0.25, 0.3) is 0 Å². The summed E-state index contributed by atoms with van der Waals surface area (Å²) in [7, 11) is 0. The van der Waals surface area contributed by atoms with Crippen molar-refractivity contribution >= 4 is 17.6 Å². The Balaban J connectivity index is 2.10. The third kappa shape index (κ3) is 1.41. The zero-order chi connectivity index (χ0) is 11.3. The summed E-state index contributed by atoms with van der Waals surface area (Å²) in [5.41, 5.74) is 0.327. The number of hydrogen-bond acceptors (Lipinski definition) is 2. The number of halogens is 1. The summed E-state index contributed by atoms with van der Waals surface area (Å²) in [4.78, 5) is 11.4. The van der Waals surface area contributed by atoms with Crippen molar-refractivity contribution in [2.75, 3.05) is 0 Å². The van der Waals surface area contributed by atoms with Crippen LogP contribution in [0, 0.1) is 0 Å². The topological polar surface area (TPSA) is 50.4 Å². The van der Waals surface area contributed by atoms with Crippen LogP contribution < -0.4 is 15.4 Å². The molecule has 2 bridgehead atoms. The highest BCUT2D eigenvalue weighted by Gasteiger charge is 2.43. The number of carbonyl (C=O) groups is 1. The molecule has 2 N–H and O–H groups in total. The molecule has 2 atom stereocenters. The second-order valence-electron chi connectivity index (χ2n) is 4.37. The Morgan fingerprint density at radius 1 is 1.56 bits per heavy atom. The molecular weight excluding hydrogens is 228 g/mol. The smallest absolute Gasteiger partial charge is 0.318 e. The molecule has 1 aromatic rings. The van der Waals surface area contributed by atoms with Gasteiger partial charge in [0.2, 0.25) is 0 Å². The number of urea groups is 1. The van der Waals surface area contributed by atoms with Crippen LogP contribution >= 0.6 is 11.6 Å². The fourth-order valence-electron chi connectivity index (χ4n) is 2.31. The van der Waals surface area contributed by atoms with E-state index in [9.17, 15) is 4.79 Å². The van der Waals surface area contributed by atoms with E-state index in [1.807, 2.05) is 19.1 Å². The highest BCUT2D eigenvalue weighted by Crippen LogP contribution is 2.41. The van der Waals surface area contributed by atoms with E-state index >= 15 is 0 Å². The first-order valence-electron chi connectivity index (χ1n) is 5.13. The summed E-state index contributed by atoms with van der Waals surface area (Å²) in [5.74, 6) is 0.774. The molecule has 2 unspecified atom stereocenters. The Bertz CT molecular complexity index is 477. The molecule has 84 valence electrons. The van der Waals surface area contributed by atoms with Gasteiger partial charge in [0.15, 0.2) is 5.72 Å². The lowest BCUT2D eigenvalue weighted by Crippen LogP contribution is -2.62. The first kappa shape index (κ1) is 9.78. The third-order valence-corrected chi connectivity index (χ3v) is 3.19. The van der Waals surface area contributed by atoms with Gasteiger partial charge in [-0.25, -0.2) is 4.79 Å². The molecule has 0 aromatic heterocycles. The number of rotatable bonds is 0. The third-order valence-electron chi connectivity index (χ3n) is 2.96. The maximum absolute atomic E-state index is 11.4.